The predicted octanol–water partition coefficient (Wildman–Crippen LogP) is 3.99. The number of carbonyl (C=O) groups excluding carboxylic acids is 1. The Morgan fingerprint density at radius 3 is 2.67 bits per heavy atom. The second-order valence-corrected chi connectivity index (χ2v) is 6.01. The number of halogens is 1. The fourth-order valence-electron chi connectivity index (χ4n) is 3.18. The quantitative estimate of drug-likeness (QED) is 0.615. The van der Waals surface area contributed by atoms with Crippen LogP contribution in [0.3, 0.4) is 0 Å². The van der Waals surface area contributed by atoms with Crippen molar-refractivity contribution in [3.63, 3.8) is 0 Å². The molecule has 0 aliphatic carbocycles. The molecule has 0 saturated carbocycles. The third kappa shape index (κ3) is 2.23. The van der Waals surface area contributed by atoms with Crippen molar-refractivity contribution in [2.24, 2.45) is 5.73 Å². The highest BCUT2D eigenvalue weighted by molar-refractivity contribution is 6.37. The minimum absolute atomic E-state index is 0.447. The molecule has 0 unspecified atom stereocenters. The first-order valence-electron chi connectivity index (χ1n) is 7.56. The van der Waals surface area contributed by atoms with Crippen molar-refractivity contribution in [3.05, 3.63) is 77.1 Å². The molecule has 0 spiro atoms. The first kappa shape index (κ1) is 14.7. The standard InChI is InChI=1S/C19H14ClN3O/c20-15-8-3-6-13-17-14(19(21)24)7-4-9-16(17)23(18(13)15)11-12-5-1-2-10-22-12/h1-10H,11H2,(H2,21,24). The van der Waals surface area contributed by atoms with Gasteiger partial charge in [-0.15, -0.1) is 0 Å². The van der Waals surface area contributed by atoms with Gasteiger partial charge in [0.15, 0.2) is 0 Å². The number of pyridine rings is 1. The number of benzene rings is 2. The Morgan fingerprint density at radius 2 is 1.92 bits per heavy atom. The number of nitrogens with zero attached hydrogens (tertiary/aromatic N) is 2. The summed E-state index contributed by atoms with van der Waals surface area (Å²) in [4.78, 5) is 16.3. The largest absolute Gasteiger partial charge is 0.366 e. The number of rotatable bonds is 3. The maximum Gasteiger partial charge on any atom is 0.249 e. The SMILES string of the molecule is NC(=O)c1cccc2c1c1cccc(Cl)c1n2Cc1ccccn1. The van der Waals surface area contributed by atoms with Gasteiger partial charge in [-0.25, -0.2) is 0 Å². The number of hydrogen-bond donors (Lipinski definition) is 1. The molecular weight excluding hydrogens is 322 g/mol. The lowest BCUT2D eigenvalue weighted by atomic mass is 10.1. The lowest BCUT2D eigenvalue weighted by molar-refractivity contribution is 0.100. The Balaban J connectivity index is 2.10. The van der Waals surface area contributed by atoms with E-state index in [0.717, 1.165) is 27.5 Å². The zero-order chi connectivity index (χ0) is 16.7. The summed E-state index contributed by atoms with van der Waals surface area (Å²) in [6, 6.07) is 17.0. The minimum atomic E-state index is -0.447. The predicted molar refractivity (Wildman–Crippen MR) is 96.3 cm³/mol. The first-order chi connectivity index (χ1) is 11.7. The molecule has 5 heteroatoms. The number of aromatic nitrogens is 2. The highest BCUT2D eigenvalue weighted by Gasteiger charge is 2.18. The number of primary amides is 1. The van der Waals surface area contributed by atoms with Crippen LogP contribution in [0.5, 0.6) is 0 Å². The lowest BCUT2D eigenvalue weighted by Crippen LogP contribution is -2.11. The van der Waals surface area contributed by atoms with Gasteiger partial charge in [0.05, 0.1) is 28.3 Å². The van der Waals surface area contributed by atoms with Crippen LogP contribution in [-0.2, 0) is 6.54 Å². The van der Waals surface area contributed by atoms with Gasteiger partial charge >= 0.3 is 0 Å². The Bertz CT molecular complexity index is 1070. The van der Waals surface area contributed by atoms with E-state index in [2.05, 4.69) is 9.55 Å². The van der Waals surface area contributed by atoms with Crippen LogP contribution in [0.4, 0.5) is 0 Å². The van der Waals surface area contributed by atoms with Gasteiger partial charge in [-0.3, -0.25) is 9.78 Å². The van der Waals surface area contributed by atoms with E-state index in [1.54, 1.807) is 12.3 Å². The summed E-state index contributed by atoms with van der Waals surface area (Å²) >= 11 is 6.47. The van der Waals surface area contributed by atoms with Crippen LogP contribution in [0, 0.1) is 0 Å². The van der Waals surface area contributed by atoms with E-state index in [-0.39, 0.29) is 0 Å². The zero-order valence-corrected chi connectivity index (χ0v) is 13.5. The topological polar surface area (TPSA) is 60.9 Å². The van der Waals surface area contributed by atoms with Gasteiger partial charge in [0, 0.05) is 22.5 Å². The molecule has 0 fully saturated rings. The first-order valence-corrected chi connectivity index (χ1v) is 7.94. The molecule has 0 atom stereocenters. The molecule has 2 N–H and O–H groups in total. The highest BCUT2D eigenvalue weighted by Crippen LogP contribution is 2.35. The molecule has 0 saturated heterocycles. The fraction of sp³-hybridized carbons (Fsp3) is 0.0526. The number of hydrogen-bond acceptors (Lipinski definition) is 2. The molecule has 4 nitrogen and oxygen atoms in total. The van der Waals surface area contributed by atoms with Crippen LogP contribution in [-0.4, -0.2) is 15.5 Å². The average Bonchev–Trinajstić information content (AvgIpc) is 2.91. The van der Waals surface area contributed by atoms with Crippen molar-refractivity contribution >= 4 is 39.3 Å². The maximum atomic E-state index is 11.9. The van der Waals surface area contributed by atoms with Crippen LogP contribution in [0.1, 0.15) is 16.1 Å². The second-order valence-electron chi connectivity index (χ2n) is 5.61. The van der Waals surface area contributed by atoms with Gasteiger partial charge < -0.3 is 10.3 Å². The van der Waals surface area contributed by atoms with Crippen LogP contribution in [0.15, 0.2) is 60.8 Å². The molecule has 1 amide bonds. The average molecular weight is 336 g/mol. The van der Waals surface area contributed by atoms with Gasteiger partial charge in [0.25, 0.3) is 0 Å². The van der Waals surface area contributed by atoms with E-state index in [4.69, 9.17) is 17.3 Å². The Hall–Kier alpha value is -2.85. The van der Waals surface area contributed by atoms with E-state index in [0.29, 0.717) is 17.1 Å². The van der Waals surface area contributed by atoms with Gasteiger partial charge in [-0.2, -0.15) is 0 Å². The van der Waals surface area contributed by atoms with Crippen molar-refractivity contribution in [2.75, 3.05) is 0 Å². The van der Waals surface area contributed by atoms with Crippen LogP contribution < -0.4 is 5.73 Å². The summed E-state index contributed by atoms with van der Waals surface area (Å²) in [5, 5.41) is 2.39. The van der Waals surface area contributed by atoms with Crippen molar-refractivity contribution in [1.29, 1.82) is 0 Å². The molecule has 0 bridgehead atoms. The zero-order valence-electron chi connectivity index (χ0n) is 12.7. The summed E-state index contributed by atoms with van der Waals surface area (Å²) in [6.07, 6.45) is 1.76. The van der Waals surface area contributed by atoms with Crippen LogP contribution >= 0.6 is 11.6 Å². The number of nitrogens with two attached hydrogens (primary N) is 1. The fourth-order valence-corrected chi connectivity index (χ4v) is 3.46. The van der Waals surface area contributed by atoms with E-state index in [1.165, 1.54) is 0 Å². The number of fused-ring (bicyclic) bond motifs is 3. The summed E-state index contributed by atoms with van der Waals surface area (Å²) in [5.74, 6) is -0.447. The third-order valence-electron chi connectivity index (χ3n) is 4.17. The summed E-state index contributed by atoms with van der Waals surface area (Å²) < 4.78 is 2.09. The lowest BCUT2D eigenvalue weighted by Gasteiger charge is -2.08. The smallest absolute Gasteiger partial charge is 0.249 e. The van der Waals surface area contributed by atoms with E-state index in [1.807, 2.05) is 48.5 Å². The van der Waals surface area contributed by atoms with Crippen molar-refractivity contribution in [2.45, 2.75) is 6.54 Å². The number of carbonyl (C=O) groups is 1. The Labute approximate surface area is 143 Å². The Kier molecular flexibility index (Phi) is 3.47. The van der Waals surface area contributed by atoms with Gasteiger partial charge in [-0.05, 0) is 30.3 Å². The third-order valence-corrected chi connectivity index (χ3v) is 4.48. The minimum Gasteiger partial charge on any atom is -0.366 e. The van der Waals surface area contributed by atoms with Crippen LogP contribution in [0.2, 0.25) is 5.02 Å². The van der Waals surface area contributed by atoms with Crippen molar-refractivity contribution < 1.29 is 4.79 Å². The van der Waals surface area contributed by atoms with E-state index >= 15 is 0 Å². The second kappa shape index (κ2) is 5.65. The maximum absolute atomic E-state index is 11.9. The molecule has 2 heterocycles. The molecule has 0 aliphatic rings. The number of amides is 1. The Morgan fingerprint density at radius 1 is 1.08 bits per heavy atom. The van der Waals surface area contributed by atoms with Crippen LogP contribution in [0.25, 0.3) is 21.8 Å². The monoisotopic (exact) mass is 335 g/mol. The van der Waals surface area contributed by atoms with Gasteiger partial charge in [-0.1, -0.05) is 35.9 Å². The number of para-hydroxylation sites is 1. The van der Waals surface area contributed by atoms with E-state index in [9.17, 15) is 4.79 Å². The van der Waals surface area contributed by atoms with Gasteiger partial charge in [0.2, 0.25) is 5.91 Å². The summed E-state index contributed by atoms with van der Waals surface area (Å²) in [6.45, 7) is 0.562. The molecular formula is C19H14ClN3O. The summed E-state index contributed by atoms with van der Waals surface area (Å²) in [7, 11) is 0. The highest BCUT2D eigenvalue weighted by atomic mass is 35.5. The van der Waals surface area contributed by atoms with Gasteiger partial charge in [0.1, 0.15) is 0 Å². The van der Waals surface area contributed by atoms with Crippen molar-refractivity contribution in [1.82, 2.24) is 9.55 Å². The molecule has 118 valence electrons. The molecule has 4 aromatic rings. The van der Waals surface area contributed by atoms with E-state index < -0.39 is 5.91 Å². The molecule has 2 aromatic heterocycles. The molecule has 24 heavy (non-hydrogen) atoms. The molecule has 0 aliphatic heterocycles. The molecule has 0 radical (unpaired) electrons. The summed E-state index contributed by atoms with van der Waals surface area (Å²) in [5.41, 5.74) is 8.79. The van der Waals surface area contributed by atoms with Crippen molar-refractivity contribution in [3.8, 4) is 0 Å². The molecule has 4 rings (SSSR count). The molecule has 2 aromatic carbocycles. The normalized spacial score (nSPS) is 11.2.